The summed E-state index contributed by atoms with van der Waals surface area (Å²) >= 11 is 1.39. The van der Waals surface area contributed by atoms with E-state index in [1.165, 1.54) is 11.3 Å². The first-order chi connectivity index (χ1) is 13.7. The van der Waals surface area contributed by atoms with Crippen LogP contribution in [0.2, 0.25) is 0 Å². The van der Waals surface area contributed by atoms with Crippen molar-refractivity contribution < 1.29 is 9.59 Å². The van der Waals surface area contributed by atoms with E-state index in [2.05, 4.69) is 10.6 Å². The van der Waals surface area contributed by atoms with Gasteiger partial charge in [0, 0.05) is 19.5 Å². The fourth-order valence-electron chi connectivity index (χ4n) is 3.70. The van der Waals surface area contributed by atoms with Crippen molar-refractivity contribution in [3.05, 3.63) is 58.3 Å². The summed E-state index contributed by atoms with van der Waals surface area (Å²) in [4.78, 5) is 28.4. The molecular formula is C22H30ClN3O2S. The molecule has 2 amide bonds. The van der Waals surface area contributed by atoms with Crippen LogP contribution < -0.4 is 10.6 Å². The summed E-state index contributed by atoms with van der Waals surface area (Å²) in [5, 5.41) is 8.06. The summed E-state index contributed by atoms with van der Waals surface area (Å²) < 4.78 is 0. The quantitative estimate of drug-likeness (QED) is 0.668. The Labute approximate surface area is 183 Å². The van der Waals surface area contributed by atoms with Gasteiger partial charge in [-0.3, -0.25) is 9.59 Å². The summed E-state index contributed by atoms with van der Waals surface area (Å²) in [5.41, 5.74) is 1.05. The molecule has 1 aliphatic heterocycles. The van der Waals surface area contributed by atoms with E-state index < -0.39 is 6.04 Å². The molecule has 1 aliphatic rings. The maximum absolute atomic E-state index is 13.2. The van der Waals surface area contributed by atoms with Crippen molar-refractivity contribution >= 4 is 35.6 Å². The maximum atomic E-state index is 13.2. The van der Waals surface area contributed by atoms with Crippen LogP contribution in [0.3, 0.4) is 0 Å². The predicted octanol–water partition coefficient (Wildman–Crippen LogP) is 3.36. The summed E-state index contributed by atoms with van der Waals surface area (Å²) in [6, 6.07) is 13.0. The van der Waals surface area contributed by atoms with E-state index in [0.717, 1.165) is 44.5 Å². The highest BCUT2D eigenvalue weighted by Crippen LogP contribution is 2.21. The minimum atomic E-state index is -0.536. The Kier molecular flexibility index (Phi) is 9.64. The van der Waals surface area contributed by atoms with Crippen molar-refractivity contribution in [1.82, 2.24) is 15.5 Å². The Balaban J connectivity index is 0.00000300. The molecule has 1 saturated heterocycles. The van der Waals surface area contributed by atoms with E-state index in [0.29, 0.717) is 17.2 Å². The molecule has 2 aromatic rings. The smallest absolute Gasteiger partial charge is 0.262 e. The first-order valence-corrected chi connectivity index (χ1v) is 10.9. The lowest BCUT2D eigenvalue weighted by Crippen LogP contribution is -2.51. The molecule has 0 radical (unpaired) electrons. The number of hydrogen-bond donors (Lipinski definition) is 2. The molecule has 2 N–H and O–H groups in total. The number of hydrogen-bond acceptors (Lipinski definition) is 4. The lowest BCUT2D eigenvalue weighted by atomic mass is 9.93. The van der Waals surface area contributed by atoms with Crippen LogP contribution in [0.4, 0.5) is 0 Å². The molecule has 1 unspecified atom stereocenters. The van der Waals surface area contributed by atoms with Gasteiger partial charge in [-0.25, -0.2) is 0 Å². The SMILES string of the molecule is CNCCC1CCN(C(=O)C(Cc2ccccc2)NC(=O)c2cccs2)CC1.Cl. The molecule has 0 aliphatic carbocycles. The van der Waals surface area contributed by atoms with Gasteiger partial charge in [0.05, 0.1) is 4.88 Å². The number of thiophene rings is 1. The van der Waals surface area contributed by atoms with Crippen LogP contribution in [0, 0.1) is 5.92 Å². The standard InChI is InChI=1S/C22H29N3O2S.ClH/c1-23-12-9-17-10-13-25(14-11-17)22(27)19(16-18-6-3-2-4-7-18)24-21(26)20-8-5-15-28-20;/h2-8,15,17,19,23H,9-14,16H2,1H3,(H,24,26);1H. The molecule has 1 aromatic carbocycles. The van der Waals surface area contributed by atoms with Crippen LogP contribution in [-0.2, 0) is 11.2 Å². The number of halogens is 1. The van der Waals surface area contributed by atoms with Crippen molar-refractivity contribution in [2.24, 2.45) is 5.92 Å². The third-order valence-corrected chi connectivity index (χ3v) is 6.23. The molecule has 158 valence electrons. The van der Waals surface area contributed by atoms with Crippen LogP contribution in [0.15, 0.2) is 47.8 Å². The molecular weight excluding hydrogens is 406 g/mol. The van der Waals surface area contributed by atoms with Gasteiger partial charge in [-0.05, 0) is 55.8 Å². The highest BCUT2D eigenvalue weighted by atomic mass is 35.5. The van der Waals surface area contributed by atoms with Crippen molar-refractivity contribution in [1.29, 1.82) is 0 Å². The van der Waals surface area contributed by atoms with Crippen molar-refractivity contribution in [3.63, 3.8) is 0 Å². The van der Waals surface area contributed by atoms with Crippen LogP contribution in [-0.4, -0.2) is 49.4 Å². The molecule has 1 atom stereocenters. The number of likely N-dealkylation sites (tertiary alicyclic amines) is 1. The van der Waals surface area contributed by atoms with Gasteiger partial charge in [-0.15, -0.1) is 23.7 Å². The second-order valence-electron chi connectivity index (χ2n) is 7.35. The van der Waals surface area contributed by atoms with Gasteiger partial charge in [0.2, 0.25) is 5.91 Å². The first kappa shape index (κ1) is 23.4. The monoisotopic (exact) mass is 435 g/mol. The molecule has 5 nitrogen and oxygen atoms in total. The topological polar surface area (TPSA) is 61.4 Å². The Morgan fingerprint density at radius 1 is 1.14 bits per heavy atom. The van der Waals surface area contributed by atoms with Crippen LogP contribution in [0.25, 0.3) is 0 Å². The number of carbonyl (C=O) groups is 2. The van der Waals surface area contributed by atoms with E-state index in [9.17, 15) is 9.59 Å². The average Bonchev–Trinajstić information content (AvgIpc) is 3.27. The zero-order valence-corrected chi connectivity index (χ0v) is 18.4. The van der Waals surface area contributed by atoms with E-state index in [4.69, 9.17) is 0 Å². The lowest BCUT2D eigenvalue weighted by Gasteiger charge is -2.34. The molecule has 0 saturated carbocycles. The van der Waals surface area contributed by atoms with Crippen molar-refractivity contribution in [3.8, 4) is 0 Å². The van der Waals surface area contributed by atoms with E-state index in [1.807, 2.05) is 53.7 Å². The number of nitrogens with zero attached hydrogens (tertiary/aromatic N) is 1. The highest BCUT2D eigenvalue weighted by Gasteiger charge is 2.29. The average molecular weight is 436 g/mol. The third kappa shape index (κ3) is 6.84. The Morgan fingerprint density at radius 3 is 2.48 bits per heavy atom. The number of nitrogens with one attached hydrogen (secondary N) is 2. The fourth-order valence-corrected chi connectivity index (χ4v) is 4.32. The van der Waals surface area contributed by atoms with Crippen LogP contribution >= 0.6 is 23.7 Å². The normalized spacial score (nSPS) is 15.4. The minimum Gasteiger partial charge on any atom is -0.341 e. The number of rotatable bonds is 8. The fraction of sp³-hybridized carbons (Fsp3) is 0.455. The summed E-state index contributed by atoms with van der Waals surface area (Å²) in [6.07, 6.45) is 3.73. The van der Waals surface area contributed by atoms with E-state index in [-0.39, 0.29) is 24.2 Å². The van der Waals surface area contributed by atoms with Crippen molar-refractivity contribution in [2.75, 3.05) is 26.7 Å². The minimum absolute atomic E-state index is 0. The third-order valence-electron chi connectivity index (χ3n) is 5.36. The van der Waals surface area contributed by atoms with Gasteiger partial charge in [-0.1, -0.05) is 36.4 Å². The molecule has 1 aromatic heterocycles. The zero-order valence-electron chi connectivity index (χ0n) is 16.8. The van der Waals surface area contributed by atoms with Gasteiger partial charge in [0.15, 0.2) is 0 Å². The van der Waals surface area contributed by atoms with Gasteiger partial charge in [0.25, 0.3) is 5.91 Å². The van der Waals surface area contributed by atoms with E-state index in [1.54, 1.807) is 6.07 Å². The van der Waals surface area contributed by atoms with Crippen LogP contribution in [0.1, 0.15) is 34.5 Å². The summed E-state index contributed by atoms with van der Waals surface area (Å²) in [7, 11) is 1.98. The lowest BCUT2D eigenvalue weighted by molar-refractivity contribution is -0.134. The van der Waals surface area contributed by atoms with Gasteiger partial charge in [-0.2, -0.15) is 0 Å². The van der Waals surface area contributed by atoms with Gasteiger partial charge >= 0.3 is 0 Å². The largest absolute Gasteiger partial charge is 0.341 e. The number of piperidine rings is 1. The molecule has 2 heterocycles. The Morgan fingerprint density at radius 2 is 1.86 bits per heavy atom. The number of benzene rings is 1. The molecule has 0 bridgehead atoms. The maximum Gasteiger partial charge on any atom is 0.262 e. The number of carbonyl (C=O) groups excluding carboxylic acids is 2. The highest BCUT2D eigenvalue weighted by molar-refractivity contribution is 7.12. The number of amides is 2. The van der Waals surface area contributed by atoms with Crippen LogP contribution in [0.5, 0.6) is 0 Å². The molecule has 1 fully saturated rings. The molecule has 0 spiro atoms. The molecule has 3 rings (SSSR count). The molecule has 29 heavy (non-hydrogen) atoms. The summed E-state index contributed by atoms with van der Waals surface area (Å²) in [5.74, 6) is 0.527. The Bertz CT molecular complexity index is 747. The second-order valence-corrected chi connectivity index (χ2v) is 8.30. The van der Waals surface area contributed by atoms with Crippen molar-refractivity contribution in [2.45, 2.75) is 31.7 Å². The second kappa shape index (κ2) is 12.0. The first-order valence-electron chi connectivity index (χ1n) is 9.99. The summed E-state index contributed by atoms with van der Waals surface area (Å²) in [6.45, 7) is 2.56. The van der Waals surface area contributed by atoms with Gasteiger partial charge < -0.3 is 15.5 Å². The predicted molar refractivity (Wildman–Crippen MR) is 121 cm³/mol. The molecule has 7 heteroatoms. The Hall–Kier alpha value is -1.89. The van der Waals surface area contributed by atoms with Gasteiger partial charge in [0.1, 0.15) is 6.04 Å². The van der Waals surface area contributed by atoms with E-state index >= 15 is 0 Å². The zero-order chi connectivity index (χ0) is 19.8.